The fourth-order valence-corrected chi connectivity index (χ4v) is 5.56. The zero-order chi connectivity index (χ0) is 24.6. The number of aryl methyl sites for hydroxylation is 2. The predicted molar refractivity (Wildman–Crippen MR) is 129 cm³/mol. The number of carbonyl (C=O) groups is 3. The Kier molecular flexibility index (Phi) is 6.92. The highest BCUT2D eigenvalue weighted by molar-refractivity contribution is 8.00. The minimum absolute atomic E-state index is 0.110. The molecule has 180 valence electrons. The number of imide groups is 1. The number of nitrogens with one attached hydrogen (secondary N) is 3. The Morgan fingerprint density at radius 3 is 2.35 bits per heavy atom. The van der Waals surface area contributed by atoms with E-state index in [1.54, 1.807) is 19.2 Å². The molecule has 2 aromatic carbocycles. The van der Waals surface area contributed by atoms with Crippen LogP contribution in [0.1, 0.15) is 22.9 Å². The number of benzene rings is 2. The molecule has 0 bridgehead atoms. The van der Waals surface area contributed by atoms with E-state index in [9.17, 15) is 18.8 Å². The van der Waals surface area contributed by atoms with Crippen molar-refractivity contribution >= 4 is 35.3 Å². The number of hydrogen-bond donors (Lipinski definition) is 3. The van der Waals surface area contributed by atoms with Gasteiger partial charge in [0.15, 0.2) is 0 Å². The molecule has 2 aromatic rings. The van der Waals surface area contributed by atoms with Gasteiger partial charge in [-0.05, 0) is 54.8 Å². The van der Waals surface area contributed by atoms with Gasteiger partial charge < -0.3 is 10.2 Å². The van der Waals surface area contributed by atoms with Crippen LogP contribution in [0.3, 0.4) is 0 Å². The fourth-order valence-electron chi connectivity index (χ4n) is 4.46. The Bertz CT molecular complexity index is 1090. The first-order valence-corrected chi connectivity index (χ1v) is 12.0. The number of carbonyl (C=O) groups excluding carboxylic acids is 3. The van der Waals surface area contributed by atoms with E-state index in [0.717, 1.165) is 27.3 Å². The van der Waals surface area contributed by atoms with Gasteiger partial charge >= 0.3 is 6.03 Å². The summed E-state index contributed by atoms with van der Waals surface area (Å²) in [6.07, 6.45) is -1.01. The maximum absolute atomic E-state index is 13.5. The molecule has 8 nitrogen and oxygen atoms in total. The van der Waals surface area contributed by atoms with E-state index in [4.69, 9.17) is 0 Å². The molecule has 0 radical (unpaired) electrons. The average Bonchev–Trinajstić information content (AvgIpc) is 2.79. The van der Waals surface area contributed by atoms with Crippen molar-refractivity contribution < 1.29 is 18.8 Å². The molecule has 0 aliphatic carbocycles. The van der Waals surface area contributed by atoms with Crippen LogP contribution in [0.25, 0.3) is 0 Å². The van der Waals surface area contributed by atoms with E-state index in [1.807, 2.05) is 32.0 Å². The van der Waals surface area contributed by atoms with Gasteiger partial charge in [0.05, 0.1) is 29.4 Å². The summed E-state index contributed by atoms with van der Waals surface area (Å²) < 4.78 is 13.5. The van der Waals surface area contributed by atoms with E-state index in [1.165, 1.54) is 35.8 Å². The smallest absolute Gasteiger partial charge is 0.325 e. The van der Waals surface area contributed by atoms with Gasteiger partial charge in [-0.3, -0.25) is 25.1 Å². The first-order chi connectivity index (χ1) is 16.1. The molecule has 4 unspecified atom stereocenters. The normalized spacial score (nSPS) is 24.7. The van der Waals surface area contributed by atoms with E-state index < -0.39 is 29.7 Å². The van der Waals surface area contributed by atoms with Crippen LogP contribution in [-0.4, -0.2) is 59.0 Å². The van der Waals surface area contributed by atoms with Crippen LogP contribution in [0.15, 0.2) is 42.5 Å². The molecule has 2 saturated heterocycles. The van der Waals surface area contributed by atoms with E-state index in [-0.39, 0.29) is 23.4 Å². The van der Waals surface area contributed by atoms with Crippen molar-refractivity contribution in [3.63, 3.8) is 0 Å². The summed E-state index contributed by atoms with van der Waals surface area (Å²) in [7, 11) is 3.09. The van der Waals surface area contributed by atoms with E-state index in [0.29, 0.717) is 0 Å². The molecule has 2 aliphatic heterocycles. The van der Waals surface area contributed by atoms with Gasteiger partial charge in [0.2, 0.25) is 11.8 Å². The third-order valence-electron chi connectivity index (χ3n) is 6.06. The van der Waals surface area contributed by atoms with Crippen molar-refractivity contribution in [3.8, 4) is 0 Å². The summed E-state index contributed by atoms with van der Waals surface area (Å²) >= 11 is 1.31. The number of urea groups is 1. The maximum Gasteiger partial charge on any atom is 0.327 e. The minimum Gasteiger partial charge on any atom is -0.325 e. The lowest BCUT2D eigenvalue weighted by Crippen LogP contribution is -2.72. The van der Waals surface area contributed by atoms with Crippen molar-refractivity contribution in [2.45, 2.75) is 31.6 Å². The first kappa shape index (κ1) is 24.2. The molecule has 4 amide bonds. The van der Waals surface area contributed by atoms with Crippen molar-refractivity contribution in [3.05, 3.63) is 65.0 Å². The van der Waals surface area contributed by atoms with Gasteiger partial charge in [-0.15, -0.1) is 11.8 Å². The summed E-state index contributed by atoms with van der Waals surface area (Å²) in [5.74, 6) is -1.36. The number of rotatable bonds is 5. The fraction of sp³-hybridized carbons (Fsp3) is 0.375. The molecular formula is C24H28FN5O3S. The second-order valence-corrected chi connectivity index (χ2v) is 9.87. The summed E-state index contributed by atoms with van der Waals surface area (Å²) in [6.45, 7) is 3.93. The maximum atomic E-state index is 13.5. The van der Waals surface area contributed by atoms with Gasteiger partial charge in [-0.1, -0.05) is 18.2 Å². The van der Waals surface area contributed by atoms with Crippen LogP contribution in [0, 0.1) is 25.6 Å². The second-order valence-electron chi connectivity index (χ2n) is 8.74. The van der Waals surface area contributed by atoms with Gasteiger partial charge in [-0.25, -0.2) is 9.18 Å². The average molecular weight is 486 g/mol. The molecule has 0 spiro atoms. The SMILES string of the molecule is Cc1cc(C)cc(NC(=O)CSC2NC(c3ccc(F)cc3)NC3C2C(=O)N(C)C(=O)N3C)c1. The molecular weight excluding hydrogens is 457 g/mol. The van der Waals surface area contributed by atoms with Crippen LogP contribution < -0.4 is 16.0 Å². The third-order valence-corrected chi connectivity index (χ3v) is 7.28. The molecule has 4 rings (SSSR count). The van der Waals surface area contributed by atoms with E-state index >= 15 is 0 Å². The zero-order valence-corrected chi connectivity index (χ0v) is 20.3. The quantitative estimate of drug-likeness (QED) is 0.603. The molecule has 2 aliphatic rings. The van der Waals surface area contributed by atoms with E-state index in [2.05, 4.69) is 16.0 Å². The number of halogens is 1. The summed E-state index contributed by atoms with van der Waals surface area (Å²) in [6, 6.07) is 11.4. The number of nitrogens with zero attached hydrogens (tertiary/aromatic N) is 2. The Morgan fingerprint density at radius 1 is 1.06 bits per heavy atom. The Labute approximate surface area is 202 Å². The van der Waals surface area contributed by atoms with Crippen molar-refractivity contribution in [2.24, 2.45) is 5.92 Å². The molecule has 10 heteroatoms. The van der Waals surface area contributed by atoms with Crippen LogP contribution >= 0.6 is 11.8 Å². The van der Waals surface area contributed by atoms with Crippen LogP contribution in [0.4, 0.5) is 14.9 Å². The molecule has 34 heavy (non-hydrogen) atoms. The van der Waals surface area contributed by atoms with Crippen molar-refractivity contribution in [1.29, 1.82) is 0 Å². The lowest BCUT2D eigenvalue weighted by molar-refractivity contribution is -0.140. The van der Waals surface area contributed by atoms with Crippen molar-refractivity contribution in [1.82, 2.24) is 20.4 Å². The van der Waals surface area contributed by atoms with Crippen LogP contribution in [0.5, 0.6) is 0 Å². The third kappa shape index (κ3) is 4.94. The number of thioether (sulfide) groups is 1. The standard InChI is InChI=1S/C24H28FN5O3S/c1-13-9-14(2)11-17(10-13)26-18(31)12-34-22-19-21(29(3)24(33)30(4)23(19)32)27-20(28-22)15-5-7-16(25)8-6-15/h5-11,19-22,27-28H,12H2,1-4H3,(H,26,31). The highest BCUT2D eigenvalue weighted by atomic mass is 32.2. The first-order valence-electron chi connectivity index (χ1n) is 11.0. The predicted octanol–water partition coefficient (Wildman–Crippen LogP) is 2.80. The lowest BCUT2D eigenvalue weighted by Gasteiger charge is -2.50. The van der Waals surface area contributed by atoms with Gasteiger partial charge in [-0.2, -0.15) is 0 Å². The summed E-state index contributed by atoms with van der Waals surface area (Å²) in [5.41, 5.74) is 3.59. The van der Waals surface area contributed by atoms with Gasteiger partial charge in [0.1, 0.15) is 5.82 Å². The number of fused-ring (bicyclic) bond motifs is 1. The van der Waals surface area contributed by atoms with Gasteiger partial charge in [0.25, 0.3) is 0 Å². The highest BCUT2D eigenvalue weighted by Gasteiger charge is 2.51. The zero-order valence-electron chi connectivity index (χ0n) is 19.5. The largest absolute Gasteiger partial charge is 0.327 e. The number of hydrogen-bond acceptors (Lipinski definition) is 6. The second kappa shape index (κ2) is 9.73. The highest BCUT2D eigenvalue weighted by Crippen LogP contribution is 2.34. The van der Waals surface area contributed by atoms with Gasteiger partial charge in [0, 0.05) is 19.8 Å². The number of amides is 4. The molecule has 4 atom stereocenters. The molecule has 3 N–H and O–H groups in total. The Hall–Kier alpha value is -2.95. The summed E-state index contributed by atoms with van der Waals surface area (Å²) in [4.78, 5) is 40.9. The number of anilines is 1. The topological polar surface area (TPSA) is 93.8 Å². The molecule has 0 aromatic heterocycles. The molecule has 2 heterocycles. The Morgan fingerprint density at radius 2 is 1.71 bits per heavy atom. The Balaban J connectivity index is 1.53. The molecule has 2 fully saturated rings. The summed E-state index contributed by atoms with van der Waals surface area (Å²) in [5, 5.41) is 9.13. The molecule has 0 saturated carbocycles. The van der Waals surface area contributed by atoms with Crippen LogP contribution in [-0.2, 0) is 9.59 Å². The van der Waals surface area contributed by atoms with Crippen LogP contribution in [0.2, 0.25) is 0 Å². The lowest BCUT2D eigenvalue weighted by atomic mass is 9.96. The van der Waals surface area contributed by atoms with Crippen molar-refractivity contribution in [2.75, 3.05) is 25.2 Å². The minimum atomic E-state index is -0.608. The monoisotopic (exact) mass is 485 g/mol.